The minimum atomic E-state index is -0.476. The molecule has 2 aromatic rings. The summed E-state index contributed by atoms with van der Waals surface area (Å²) in [5.41, 5.74) is 6.36. The van der Waals surface area contributed by atoms with Gasteiger partial charge in [-0.2, -0.15) is 0 Å². The highest BCUT2D eigenvalue weighted by molar-refractivity contribution is 7.80. The lowest BCUT2D eigenvalue weighted by atomic mass is 10.4. The Kier molecular flexibility index (Phi) is 2.66. The molecule has 0 aromatic carbocycles. The number of thiocarbonyl (C=S) groups is 1. The van der Waals surface area contributed by atoms with Gasteiger partial charge in [0.2, 0.25) is 0 Å². The first-order valence-corrected chi connectivity index (χ1v) is 4.96. The molecule has 0 amide bonds. The maximum atomic E-state index is 13.8. The standard InChI is InChI=1S/C10H9FN4S/c1-6-8(11)10(14-5-13-6)15-4-2-3-7(15)9(12)16/h2-5H,1H3,(H2,12,16). The highest BCUT2D eigenvalue weighted by Crippen LogP contribution is 2.15. The number of hydrogen-bond acceptors (Lipinski definition) is 3. The van der Waals surface area contributed by atoms with Crippen LogP contribution in [-0.4, -0.2) is 19.5 Å². The molecule has 4 nitrogen and oxygen atoms in total. The van der Waals surface area contributed by atoms with E-state index in [4.69, 9.17) is 18.0 Å². The summed E-state index contributed by atoms with van der Waals surface area (Å²) in [6.07, 6.45) is 2.95. The van der Waals surface area contributed by atoms with E-state index in [1.54, 1.807) is 25.3 Å². The molecule has 2 N–H and O–H groups in total. The van der Waals surface area contributed by atoms with Crippen molar-refractivity contribution in [1.29, 1.82) is 0 Å². The third-order valence-corrected chi connectivity index (χ3v) is 2.38. The molecule has 0 unspecified atom stereocenters. The Morgan fingerprint density at radius 3 is 2.94 bits per heavy atom. The Balaban J connectivity index is 2.63. The van der Waals surface area contributed by atoms with Gasteiger partial charge in [0.25, 0.3) is 0 Å². The topological polar surface area (TPSA) is 56.7 Å². The van der Waals surface area contributed by atoms with Crippen molar-refractivity contribution >= 4 is 17.2 Å². The van der Waals surface area contributed by atoms with E-state index in [0.29, 0.717) is 5.69 Å². The molecule has 16 heavy (non-hydrogen) atoms. The van der Waals surface area contributed by atoms with Gasteiger partial charge in [-0.3, -0.25) is 4.57 Å². The Hall–Kier alpha value is -1.82. The van der Waals surface area contributed by atoms with Gasteiger partial charge >= 0.3 is 0 Å². The second-order valence-corrected chi connectivity index (χ2v) is 3.66. The molecule has 0 aliphatic rings. The van der Waals surface area contributed by atoms with Crippen molar-refractivity contribution in [2.24, 2.45) is 5.73 Å². The number of aromatic nitrogens is 3. The van der Waals surface area contributed by atoms with E-state index in [2.05, 4.69) is 9.97 Å². The van der Waals surface area contributed by atoms with Crippen LogP contribution >= 0.6 is 12.2 Å². The fraction of sp³-hybridized carbons (Fsp3) is 0.100. The van der Waals surface area contributed by atoms with Crippen LogP contribution in [0.4, 0.5) is 4.39 Å². The number of nitrogens with two attached hydrogens (primary N) is 1. The van der Waals surface area contributed by atoms with Gasteiger partial charge in [-0.05, 0) is 19.1 Å². The zero-order chi connectivity index (χ0) is 11.7. The smallest absolute Gasteiger partial charge is 0.187 e. The van der Waals surface area contributed by atoms with Crippen molar-refractivity contribution < 1.29 is 4.39 Å². The molecule has 6 heteroatoms. The van der Waals surface area contributed by atoms with Gasteiger partial charge in [0, 0.05) is 6.20 Å². The highest BCUT2D eigenvalue weighted by atomic mass is 32.1. The van der Waals surface area contributed by atoms with Crippen LogP contribution in [0.15, 0.2) is 24.7 Å². The van der Waals surface area contributed by atoms with Crippen LogP contribution in [0.5, 0.6) is 0 Å². The molecule has 0 aliphatic heterocycles. The molecule has 2 heterocycles. The van der Waals surface area contributed by atoms with Gasteiger partial charge in [0.15, 0.2) is 11.6 Å². The van der Waals surface area contributed by atoms with Gasteiger partial charge in [0.05, 0.1) is 11.4 Å². The van der Waals surface area contributed by atoms with Crippen LogP contribution in [-0.2, 0) is 0 Å². The lowest BCUT2D eigenvalue weighted by Crippen LogP contribution is -2.16. The first-order valence-electron chi connectivity index (χ1n) is 4.56. The van der Waals surface area contributed by atoms with Crippen molar-refractivity contribution in [3.05, 3.63) is 41.9 Å². The number of hydrogen-bond donors (Lipinski definition) is 1. The van der Waals surface area contributed by atoms with E-state index in [-0.39, 0.29) is 16.5 Å². The zero-order valence-corrected chi connectivity index (χ0v) is 9.33. The lowest BCUT2D eigenvalue weighted by Gasteiger charge is -2.08. The normalized spacial score (nSPS) is 10.4. The predicted octanol–water partition coefficient (Wildman–Crippen LogP) is 1.35. The average molecular weight is 236 g/mol. The first kappa shape index (κ1) is 10.7. The van der Waals surface area contributed by atoms with Gasteiger partial charge in [0.1, 0.15) is 11.3 Å². The predicted molar refractivity (Wildman–Crippen MR) is 61.9 cm³/mol. The van der Waals surface area contributed by atoms with Crippen LogP contribution in [0.1, 0.15) is 11.4 Å². The molecular formula is C10H9FN4S. The third-order valence-electron chi connectivity index (χ3n) is 2.17. The van der Waals surface area contributed by atoms with Gasteiger partial charge < -0.3 is 5.73 Å². The fourth-order valence-corrected chi connectivity index (χ4v) is 1.55. The van der Waals surface area contributed by atoms with Crippen molar-refractivity contribution in [1.82, 2.24) is 14.5 Å². The lowest BCUT2D eigenvalue weighted by molar-refractivity contribution is 0.590. The molecule has 0 spiro atoms. The molecule has 2 rings (SSSR count). The van der Waals surface area contributed by atoms with E-state index in [1.807, 2.05) is 0 Å². The molecule has 2 aromatic heterocycles. The van der Waals surface area contributed by atoms with Crippen molar-refractivity contribution in [2.75, 3.05) is 0 Å². The SMILES string of the molecule is Cc1ncnc(-n2cccc2C(N)=S)c1F. The van der Waals surface area contributed by atoms with E-state index < -0.39 is 5.82 Å². The highest BCUT2D eigenvalue weighted by Gasteiger charge is 2.13. The Morgan fingerprint density at radius 2 is 2.25 bits per heavy atom. The van der Waals surface area contributed by atoms with E-state index in [0.717, 1.165) is 0 Å². The monoisotopic (exact) mass is 236 g/mol. The molecule has 0 atom stereocenters. The molecule has 0 bridgehead atoms. The summed E-state index contributed by atoms with van der Waals surface area (Å²) in [7, 11) is 0. The first-order chi connectivity index (χ1) is 7.61. The molecule has 82 valence electrons. The third kappa shape index (κ3) is 1.67. The quantitative estimate of drug-likeness (QED) is 0.800. The molecule has 0 radical (unpaired) electrons. The summed E-state index contributed by atoms with van der Waals surface area (Å²) in [6.45, 7) is 1.57. The van der Waals surface area contributed by atoms with Gasteiger partial charge in [-0.15, -0.1) is 0 Å². The second-order valence-electron chi connectivity index (χ2n) is 3.22. The molecule has 0 fully saturated rings. The Labute approximate surface area is 96.9 Å². The largest absolute Gasteiger partial charge is 0.388 e. The summed E-state index contributed by atoms with van der Waals surface area (Å²) in [6, 6.07) is 3.44. The van der Waals surface area contributed by atoms with Crippen molar-refractivity contribution in [3.63, 3.8) is 0 Å². The average Bonchev–Trinajstić information content (AvgIpc) is 2.70. The van der Waals surface area contributed by atoms with Gasteiger partial charge in [-0.1, -0.05) is 12.2 Å². The van der Waals surface area contributed by atoms with Gasteiger partial charge in [-0.25, -0.2) is 14.4 Å². The van der Waals surface area contributed by atoms with Crippen LogP contribution in [0, 0.1) is 12.7 Å². The van der Waals surface area contributed by atoms with Crippen molar-refractivity contribution in [3.8, 4) is 5.82 Å². The van der Waals surface area contributed by atoms with Crippen LogP contribution in [0.3, 0.4) is 0 Å². The summed E-state index contributed by atoms with van der Waals surface area (Å²) >= 11 is 4.87. The van der Waals surface area contributed by atoms with Crippen LogP contribution < -0.4 is 5.73 Å². The number of nitrogens with zero attached hydrogens (tertiary/aromatic N) is 3. The fourth-order valence-electron chi connectivity index (χ4n) is 1.38. The number of rotatable bonds is 2. The molecule has 0 saturated heterocycles. The second kappa shape index (κ2) is 3.97. The molecule has 0 aliphatic carbocycles. The molecule has 0 saturated carbocycles. The summed E-state index contributed by atoms with van der Waals surface area (Å²) < 4.78 is 15.3. The van der Waals surface area contributed by atoms with E-state index in [1.165, 1.54) is 10.9 Å². The zero-order valence-electron chi connectivity index (χ0n) is 8.51. The number of halogens is 1. The van der Waals surface area contributed by atoms with E-state index in [9.17, 15) is 4.39 Å². The Morgan fingerprint density at radius 1 is 1.50 bits per heavy atom. The summed E-state index contributed by atoms with van der Waals surface area (Å²) in [5.74, 6) is -0.323. The van der Waals surface area contributed by atoms with Crippen LogP contribution in [0.2, 0.25) is 0 Å². The number of aryl methyl sites for hydroxylation is 1. The molecular weight excluding hydrogens is 227 g/mol. The maximum absolute atomic E-state index is 13.8. The summed E-state index contributed by atoms with van der Waals surface area (Å²) in [5, 5.41) is 0. The minimum absolute atomic E-state index is 0.153. The van der Waals surface area contributed by atoms with E-state index >= 15 is 0 Å². The van der Waals surface area contributed by atoms with Crippen molar-refractivity contribution in [2.45, 2.75) is 6.92 Å². The minimum Gasteiger partial charge on any atom is -0.388 e. The Bertz CT molecular complexity index is 550. The maximum Gasteiger partial charge on any atom is 0.187 e. The summed E-state index contributed by atoms with van der Waals surface area (Å²) in [4.78, 5) is 7.84. The van der Waals surface area contributed by atoms with Crippen LogP contribution in [0.25, 0.3) is 5.82 Å².